The van der Waals surface area contributed by atoms with Crippen LogP contribution in [0.15, 0.2) is 70.8 Å². The van der Waals surface area contributed by atoms with Crippen LogP contribution in [0.4, 0.5) is 17.1 Å². The normalized spacial score (nSPS) is 21.0. The molecule has 4 aliphatic heterocycles. The first kappa shape index (κ1) is 16.6. The standard InChI is InChI=1S/C22H12N4O4/c27-19-12-2-1-3-15(16(12)21(29)24-19)26-11-6-4-10(5-7-11)23-14-9-8-13-17(18(14)26)22(30)25-20(13)28/h1-9,18H,(H,24,27,29)(H,25,28,30). The Hall–Kier alpha value is -4.33. The molecule has 0 spiro atoms. The van der Waals surface area contributed by atoms with Crippen LogP contribution in [0.2, 0.25) is 0 Å². The van der Waals surface area contributed by atoms with Gasteiger partial charge in [-0.15, -0.1) is 0 Å². The third-order valence-electron chi connectivity index (χ3n) is 5.63. The molecule has 7 rings (SSSR count). The van der Waals surface area contributed by atoms with Gasteiger partial charge in [0, 0.05) is 5.69 Å². The highest BCUT2D eigenvalue weighted by Crippen LogP contribution is 2.41. The van der Waals surface area contributed by atoms with E-state index in [1.807, 2.05) is 24.3 Å². The van der Waals surface area contributed by atoms with E-state index in [4.69, 9.17) is 0 Å². The van der Waals surface area contributed by atoms with Gasteiger partial charge >= 0.3 is 0 Å². The molecule has 144 valence electrons. The molecule has 30 heavy (non-hydrogen) atoms. The number of nitrogens with one attached hydrogen (secondary N) is 2. The molecule has 1 atom stereocenters. The molecule has 0 saturated heterocycles. The third kappa shape index (κ3) is 2.07. The molecule has 2 bridgehead atoms. The van der Waals surface area contributed by atoms with Crippen molar-refractivity contribution in [3.8, 4) is 0 Å². The Bertz CT molecular complexity index is 1320. The topological polar surface area (TPSA) is 108 Å². The highest BCUT2D eigenvalue weighted by Gasteiger charge is 2.44. The third-order valence-corrected chi connectivity index (χ3v) is 5.63. The van der Waals surface area contributed by atoms with E-state index in [9.17, 15) is 19.2 Å². The van der Waals surface area contributed by atoms with Crippen molar-refractivity contribution >= 4 is 46.4 Å². The van der Waals surface area contributed by atoms with Gasteiger partial charge in [0.2, 0.25) is 0 Å². The smallest absolute Gasteiger partial charge is 0.261 e. The van der Waals surface area contributed by atoms with Gasteiger partial charge in [-0.2, -0.15) is 0 Å². The van der Waals surface area contributed by atoms with E-state index in [0.717, 1.165) is 0 Å². The molecule has 8 heteroatoms. The van der Waals surface area contributed by atoms with Gasteiger partial charge in [0.1, 0.15) is 6.04 Å². The van der Waals surface area contributed by atoms with Gasteiger partial charge < -0.3 is 4.90 Å². The highest BCUT2D eigenvalue weighted by molar-refractivity contribution is 6.29. The Morgan fingerprint density at radius 1 is 0.800 bits per heavy atom. The van der Waals surface area contributed by atoms with Crippen molar-refractivity contribution in [3.63, 3.8) is 0 Å². The maximum Gasteiger partial charge on any atom is 0.261 e. The molecular weight excluding hydrogens is 384 g/mol. The minimum atomic E-state index is -0.730. The van der Waals surface area contributed by atoms with Crippen molar-refractivity contribution in [2.24, 2.45) is 4.99 Å². The lowest BCUT2D eigenvalue weighted by Gasteiger charge is -2.37. The molecule has 5 aliphatic rings. The predicted molar refractivity (Wildman–Crippen MR) is 107 cm³/mol. The molecule has 4 amide bonds. The van der Waals surface area contributed by atoms with E-state index in [0.29, 0.717) is 22.8 Å². The summed E-state index contributed by atoms with van der Waals surface area (Å²) >= 11 is 0. The number of hydrogen-bond acceptors (Lipinski definition) is 6. The Kier molecular flexibility index (Phi) is 3.10. The number of amides is 4. The summed E-state index contributed by atoms with van der Waals surface area (Å²) in [6.45, 7) is 0. The van der Waals surface area contributed by atoms with Crippen LogP contribution in [-0.4, -0.2) is 35.4 Å². The van der Waals surface area contributed by atoms with Crippen molar-refractivity contribution in [2.45, 2.75) is 6.04 Å². The van der Waals surface area contributed by atoms with E-state index in [2.05, 4.69) is 15.6 Å². The molecule has 0 radical (unpaired) electrons. The number of aliphatic imine (C=N–C) groups is 1. The van der Waals surface area contributed by atoms with Gasteiger partial charge in [-0.1, -0.05) is 6.07 Å². The maximum absolute atomic E-state index is 12.7. The van der Waals surface area contributed by atoms with E-state index < -0.39 is 29.7 Å². The molecule has 1 unspecified atom stereocenters. The van der Waals surface area contributed by atoms with Gasteiger partial charge in [-0.05, 0) is 48.6 Å². The van der Waals surface area contributed by atoms with Crippen LogP contribution < -0.4 is 15.5 Å². The van der Waals surface area contributed by atoms with Gasteiger partial charge in [-0.25, -0.2) is 0 Å². The minimum Gasteiger partial charge on any atom is -0.327 e. The Labute approximate surface area is 169 Å². The number of fused-ring (bicyclic) bond motifs is 3. The van der Waals surface area contributed by atoms with Gasteiger partial charge in [-0.3, -0.25) is 34.8 Å². The molecule has 4 heterocycles. The molecule has 8 nitrogen and oxygen atoms in total. The highest BCUT2D eigenvalue weighted by atomic mass is 16.2. The number of imide groups is 2. The second-order valence-corrected chi connectivity index (χ2v) is 7.25. The Balaban J connectivity index is 1.67. The number of carbonyl (C=O) groups excluding carboxylic acids is 4. The summed E-state index contributed by atoms with van der Waals surface area (Å²) in [5.41, 5.74) is 3.46. The van der Waals surface area contributed by atoms with Crippen LogP contribution in [0.1, 0.15) is 20.7 Å². The fourth-order valence-corrected chi connectivity index (χ4v) is 4.35. The number of benzene rings is 2. The van der Waals surface area contributed by atoms with Crippen LogP contribution in [0, 0.1) is 0 Å². The molecule has 0 fully saturated rings. The van der Waals surface area contributed by atoms with E-state index in [-0.39, 0.29) is 22.3 Å². The van der Waals surface area contributed by atoms with Gasteiger partial charge in [0.25, 0.3) is 23.6 Å². The summed E-state index contributed by atoms with van der Waals surface area (Å²) in [5, 5.41) is 4.66. The molecule has 0 aromatic heterocycles. The molecule has 1 aliphatic carbocycles. The van der Waals surface area contributed by atoms with Crippen LogP contribution in [-0.2, 0) is 9.59 Å². The van der Waals surface area contributed by atoms with Crippen molar-refractivity contribution in [1.82, 2.24) is 10.6 Å². The summed E-state index contributed by atoms with van der Waals surface area (Å²) in [7, 11) is 0. The SMILES string of the molecule is O=C1NC(=O)C2=C1C=CC1=Nc3ccc(cc3)N(c3cccc4c3C(=O)NC4=O)C12. The lowest BCUT2D eigenvalue weighted by Crippen LogP contribution is -2.44. The summed E-state index contributed by atoms with van der Waals surface area (Å²) in [6, 6.07) is 11.6. The molecule has 2 aromatic rings. The first-order valence-corrected chi connectivity index (χ1v) is 9.27. The fourth-order valence-electron chi connectivity index (χ4n) is 4.35. The summed E-state index contributed by atoms with van der Waals surface area (Å²) in [5.74, 6) is -1.93. The molecular formula is C22H12N4O4. The average Bonchev–Trinajstić information content (AvgIpc) is 3.17. The number of anilines is 2. The number of rotatable bonds is 1. The largest absolute Gasteiger partial charge is 0.327 e. The summed E-state index contributed by atoms with van der Waals surface area (Å²) < 4.78 is 0. The lowest BCUT2D eigenvalue weighted by molar-refractivity contribution is -0.124. The van der Waals surface area contributed by atoms with Crippen LogP contribution in [0.25, 0.3) is 0 Å². The molecule has 2 aromatic carbocycles. The van der Waals surface area contributed by atoms with Crippen molar-refractivity contribution in [1.29, 1.82) is 0 Å². The van der Waals surface area contributed by atoms with Gasteiger partial charge in [0.15, 0.2) is 0 Å². The Morgan fingerprint density at radius 3 is 2.37 bits per heavy atom. The average molecular weight is 396 g/mol. The molecule has 2 N–H and O–H groups in total. The first-order valence-electron chi connectivity index (χ1n) is 9.27. The lowest BCUT2D eigenvalue weighted by atomic mass is 9.89. The van der Waals surface area contributed by atoms with Crippen LogP contribution in [0.3, 0.4) is 0 Å². The quantitative estimate of drug-likeness (QED) is 0.713. The second-order valence-electron chi connectivity index (χ2n) is 7.25. The molecule has 0 saturated carbocycles. The van der Waals surface area contributed by atoms with E-state index in [1.54, 1.807) is 35.3 Å². The second kappa shape index (κ2) is 5.60. The van der Waals surface area contributed by atoms with E-state index in [1.165, 1.54) is 0 Å². The van der Waals surface area contributed by atoms with Gasteiger partial charge in [0.05, 0.1) is 39.4 Å². The zero-order chi connectivity index (χ0) is 20.6. The first-order chi connectivity index (χ1) is 14.5. The number of hydrogen-bond donors (Lipinski definition) is 2. The van der Waals surface area contributed by atoms with E-state index >= 15 is 0 Å². The van der Waals surface area contributed by atoms with Crippen molar-refractivity contribution < 1.29 is 19.2 Å². The maximum atomic E-state index is 12.7. The number of carbonyl (C=O) groups is 4. The summed E-state index contributed by atoms with van der Waals surface area (Å²) in [6.07, 6.45) is 3.29. The monoisotopic (exact) mass is 396 g/mol. The number of nitrogens with zero attached hydrogens (tertiary/aromatic N) is 2. The Morgan fingerprint density at radius 2 is 1.57 bits per heavy atom. The fraction of sp³-hybridized carbons (Fsp3) is 0.0455. The summed E-state index contributed by atoms with van der Waals surface area (Å²) in [4.78, 5) is 56.3. The van der Waals surface area contributed by atoms with Crippen molar-refractivity contribution in [3.05, 3.63) is 76.9 Å². The zero-order valence-electron chi connectivity index (χ0n) is 15.3. The minimum absolute atomic E-state index is 0.230. The predicted octanol–water partition coefficient (Wildman–Crippen LogP) is 1.69. The van der Waals surface area contributed by atoms with Crippen LogP contribution >= 0.6 is 0 Å². The van der Waals surface area contributed by atoms with Crippen molar-refractivity contribution in [2.75, 3.05) is 4.90 Å². The van der Waals surface area contributed by atoms with Crippen LogP contribution in [0.5, 0.6) is 0 Å². The zero-order valence-corrected chi connectivity index (χ0v) is 15.3.